The van der Waals surface area contributed by atoms with Crippen LogP contribution in [0.1, 0.15) is 29.5 Å². The summed E-state index contributed by atoms with van der Waals surface area (Å²) in [5.74, 6) is -0.215. The zero-order valence-corrected chi connectivity index (χ0v) is 12.0. The Morgan fingerprint density at radius 1 is 1.44 bits per heavy atom. The first kappa shape index (κ1) is 12.3. The second-order valence-electron chi connectivity index (χ2n) is 4.41. The van der Waals surface area contributed by atoms with Crippen LogP contribution in [0, 0.1) is 5.82 Å². The monoisotopic (exact) mass is 326 g/mol. The minimum Gasteiger partial charge on any atom is -0.301 e. The van der Waals surface area contributed by atoms with Crippen molar-refractivity contribution >= 4 is 27.3 Å². The molecule has 0 saturated heterocycles. The van der Waals surface area contributed by atoms with Crippen LogP contribution in [-0.4, -0.2) is 11.0 Å². The van der Waals surface area contributed by atoms with Gasteiger partial charge in [0, 0.05) is 22.1 Å². The molecule has 1 aliphatic rings. The highest BCUT2D eigenvalue weighted by atomic mass is 79.9. The summed E-state index contributed by atoms with van der Waals surface area (Å²) in [5.41, 5.74) is 0.914. The summed E-state index contributed by atoms with van der Waals surface area (Å²) < 4.78 is 14.4. The van der Waals surface area contributed by atoms with E-state index in [1.165, 1.54) is 18.9 Å². The van der Waals surface area contributed by atoms with Gasteiger partial charge in [-0.05, 0) is 36.6 Å². The first-order valence-electron chi connectivity index (χ1n) is 5.84. The molecule has 0 bridgehead atoms. The molecule has 1 atom stereocenters. The van der Waals surface area contributed by atoms with Crippen LogP contribution in [0.15, 0.2) is 34.2 Å². The molecule has 5 heteroatoms. The maximum atomic E-state index is 13.4. The molecule has 1 aliphatic carbocycles. The van der Waals surface area contributed by atoms with E-state index in [-0.39, 0.29) is 11.9 Å². The third kappa shape index (κ3) is 2.63. The summed E-state index contributed by atoms with van der Waals surface area (Å²) in [4.78, 5) is 4.36. The summed E-state index contributed by atoms with van der Waals surface area (Å²) >= 11 is 5.09. The number of thiazole rings is 1. The second kappa shape index (κ2) is 5.07. The molecule has 0 aliphatic heterocycles. The highest BCUT2D eigenvalue weighted by Gasteiger charge is 2.28. The fraction of sp³-hybridized carbons (Fsp3) is 0.308. The fourth-order valence-electron chi connectivity index (χ4n) is 1.89. The first-order chi connectivity index (χ1) is 8.74. The van der Waals surface area contributed by atoms with Gasteiger partial charge in [0.1, 0.15) is 10.8 Å². The van der Waals surface area contributed by atoms with Crippen LogP contribution in [0.2, 0.25) is 0 Å². The molecule has 1 fully saturated rings. The molecule has 1 N–H and O–H groups in total. The maximum absolute atomic E-state index is 13.4. The van der Waals surface area contributed by atoms with Gasteiger partial charge in [-0.25, -0.2) is 9.37 Å². The third-order valence-electron chi connectivity index (χ3n) is 2.95. The van der Waals surface area contributed by atoms with E-state index in [1.54, 1.807) is 29.7 Å². The van der Waals surface area contributed by atoms with Crippen LogP contribution in [0.4, 0.5) is 4.39 Å². The van der Waals surface area contributed by atoms with Gasteiger partial charge in [0.15, 0.2) is 0 Å². The molecule has 18 heavy (non-hydrogen) atoms. The van der Waals surface area contributed by atoms with E-state index >= 15 is 0 Å². The molecule has 3 rings (SSSR count). The summed E-state index contributed by atoms with van der Waals surface area (Å²) in [5, 5.41) is 6.46. The van der Waals surface area contributed by atoms with Crippen molar-refractivity contribution in [2.24, 2.45) is 0 Å². The smallest absolute Gasteiger partial charge is 0.123 e. The van der Waals surface area contributed by atoms with E-state index in [1.807, 2.05) is 5.38 Å². The Bertz CT molecular complexity index is 540. The topological polar surface area (TPSA) is 24.9 Å². The Morgan fingerprint density at radius 3 is 2.94 bits per heavy atom. The minimum atomic E-state index is -0.215. The summed E-state index contributed by atoms with van der Waals surface area (Å²) in [7, 11) is 0. The van der Waals surface area contributed by atoms with Gasteiger partial charge in [-0.15, -0.1) is 11.3 Å². The van der Waals surface area contributed by atoms with Gasteiger partial charge in [0.05, 0.1) is 6.04 Å². The number of benzene rings is 1. The van der Waals surface area contributed by atoms with E-state index in [9.17, 15) is 4.39 Å². The van der Waals surface area contributed by atoms with Gasteiger partial charge >= 0.3 is 0 Å². The largest absolute Gasteiger partial charge is 0.301 e. The van der Waals surface area contributed by atoms with E-state index in [2.05, 4.69) is 26.2 Å². The maximum Gasteiger partial charge on any atom is 0.123 e. The van der Waals surface area contributed by atoms with Crippen molar-refractivity contribution in [1.29, 1.82) is 0 Å². The van der Waals surface area contributed by atoms with Crippen LogP contribution >= 0.6 is 27.3 Å². The molecule has 1 aromatic heterocycles. The Morgan fingerprint density at radius 2 is 2.28 bits per heavy atom. The molecule has 1 aromatic carbocycles. The fourth-order valence-corrected chi connectivity index (χ4v) is 3.08. The highest BCUT2D eigenvalue weighted by molar-refractivity contribution is 9.10. The summed E-state index contributed by atoms with van der Waals surface area (Å²) in [6.45, 7) is 0. The molecular formula is C13H12BrFN2S. The standard InChI is InChI=1S/C13H12BrFN2S/c14-11-4-1-8(15)7-10(11)12(17-9-2-3-9)13-16-5-6-18-13/h1,4-7,9,12,17H,2-3H2. The molecule has 2 nitrogen and oxygen atoms in total. The SMILES string of the molecule is Fc1ccc(Br)c(C(NC2CC2)c2nccs2)c1. The lowest BCUT2D eigenvalue weighted by atomic mass is 10.1. The average molecular weight is 327 g/mol. The van der Waals surface area contributed by atoms with Crippen molar-refractivity contribution in [2.45, 2.75) is 24.9 Å². The molecule has 0 spiro atoms. The first-order valence-corrected chi connectivity index (χ1v) is 7.51. The van der Waals surface area contributed by atoms with Crippen molar-refractivity contribution in [2.75, 3.05) is 0 Å². The number of nitrogens with one attached hydrogen (secondary N) is 1. The average Bonchev–Trinajstić information content (AvgIpc) is 3.01. The van der Waals surface area contributed by atoms with Gasteiger partial charge in [0.25, 0.3) is 0 Å². The molecular weight excluding hydrogens is 315 g/mol. The van der Waals surface area contributed by atoms with Crippen molar-refractivity contribution in [3.8, 4) is 0 Å². The van der Waals surface area contributed by atoms with E-state index in [0.717, 1.165) is 15.0 Å². The Balaban J connectivity index is 1.98. The number of hydrogen-bond acceptors (Lipinski definition) is 3. The summed E-state index contributed by atoms with van der Waals surface area (Å²) in [6.07, 6.45) is 4.17. The predicted molar refractivity (Wildman–Crippen MR) is 74.2 cm³/mol. The lowest BCUT2D eigenvalue weighted by Crippen LogP contribution is -2.24. The predicted octanol–water partition coefficient (Wildman–Crippen LogP) is 3.89. The molecule has 1 saturated carbocycles. The molecule has 94 valence electrons. The van der Waals surface area contributed by atoms with Crippen LogP contribution in [0.25, 0.3) is 0 Å². The third-order valence-corrected chi connectivity index (χ3v) is 4.51. The van der Waals surface area contributed by atoms with Crippen molar-refractivity contribution in [3.05, 3.63) is 50.6 Å². The van der Waals surface area contributed by atoms with Crippen molar-refractivity contribution in [1.82, 2.24) is 10.3 Å². The van der Waals surface area contributed by atoms with E-state index in [0.29, 0.717) is 6.04 Å². The zero-order valence-electron chi connectivity index (χ0n) is 9.57. The van der Waals surface area contributed by atoms with Gasteiger partial charge in [-0.2, -0.15) is 0 Å². The highest BCUT2D eigenvalue weighted by Crippen LogP contribution is 2.33. The number of halogens is 2. The quantitative estimate of drug-likeness (QED) is 0.922. The van der Waals surface area contributed by atoms with Crippen molar-refractivity contribution < 1.29 is 4.39 Å². The van der Waals surface area contributed by atoms with Crippen LogP contribution < -0.4 is 5.32 Å². The second-order valence-corrected chi connectivity index (χ2v) is 6.19. The normalized spacial score (nSPS) is 16.8. The lowest BCUT2D eigenvalue weighted by molar-refractivity contribution is 0.582. The van der Waals surface area contributed by atoms with Crippen LogP contribution in [0.3, 0.4) is 0 Å². The van der Waals surface area contributed by atoms with Gasteiger partial charge in [-0.1, -0.05) is 15.9 Å². The number of nitrogens with zero attached hydrogens (tertiary/aromatic N) is 1. The van der Waals surface area contributed by atoms with Gasteiger partial charge in [0.2, 0.25) is 0 Å². The van der Waals surface area contributed by atoms with Gasteiger partial charge in [-0.3, -0.25) is 0 Å². The van der Waals surface area contributed by atoms with Crippen LogP contribution in [-0.2, 0) is 0 Å². The van der Waals surface area contributed by atoms with E-state index < -0.39 is 0 Å². The Kier molecular flexibility index (Phi) is 3.46. The van der Waals surface area contributed by atoms with Gasteiger partial charge < -0.3 is 5.32 Å². The zero-order chi connectivity index (χ0) is 12.5. The molecule has 0 amide bonds. The molecule has 1 heterocycles. The molecule has 1 unspecified atom stereocenters. The minimum absolute atomic E-state index is 0.0254. The number of hydrogen-bond donors (Lipinski definition) is 1. The lowest BCUT2D eigenvalue weighted by Gasteiger charge is -2.18. The van der Waals surface area contributed by atoms with Crippen molar-refractivity contribution in [3.63, 3.8) is 0 Å². The van der Waals surface area contributed by atoms with E-state index in [4.69, 9.17) is 0 Å². The number of aromatic nitrogens is 1. The molecule has 2 aromatic rings. The molecule has 0 radical (unpaired) electrons. The number of rotatable bonds is 4. The van der Waals surface area contributed by atoms with Crippen LogP contribution in [0.5, 0.6) is 0 Å². The Hall–Kier alpha value is -0.780. The Labute approximate surface area is 117 Å². The summed E-state index contributed by atoms with van der Waals surface area (Å²) in [6, 6.07) is 5.30.